The molecule has 2 aliphatic carbocycles. The Labute approximate surface area is 76.4 Å². The van der Waals surface area contributed by atoms with Crippen molar-refractivity contribution in [2.75, 3.05) is 0 Å². The highest BCUT2D eigenvalue weighted by atomic mass is 16.3. The largest absolute Gasteiger partial charge is 0.511 e. The second-order valence-corrected chi connectivity index (χ2v) is 3.89. The number of hydrogen-bond donors (Lipinski definition) is 1. The molecule has 0 aromatic heterocycles. The Kier molecular flexibility index (Phi) is 1.75. The molecule has 2 unspecified atom stereocenters. The highest BCUT2D eigenvalue weighted by molar-refractivity contribution is 6.21. The summed E-state index contributed by atoms with van der Waals surface area (Å²) in [4.78, 5) is 22.7. The number of fused-ring (bicyclic) bond motifs is 2. The molecule has 3 nitrogen and oxygen atoms in total. The lowest BCUT2D eigenvalue weighted by Gasteiger charge is -2.19. The van der Waals surface area contributed by atoms with Gasteiger partial charge in [0.25, 0.3) is 0 Å². The van der Waals surface area contributed by atoms with Gasteiger partial charge in [-0.15, -0.1) is 0 Å². The average molecular weight is 180 g/mol. The number of aliphatic hydroxyl groups excluding tert-OH is 1. The first kappa shape index (κ1) is 8.48. The molecule has 1 fully saturated rings. The van der Waals surface area contributed by atoms with Gasteiger partial charge in [-0.2, -0.15) is 0 Å². The number of hydrogen-bond acceptors (Lipinski definition) is 3. The molecule has 2 bridgehead atoms. The molecule has 0 heterocycles. The molecule has 1 saturated carbocycles. The first-order valence-corrected chi connectivity index (χ1v) is 4.59. The number of ketones is 2. The predicted octanol–water partition coefficient (Wildman–Crippen LogP) is 1.39. The van der Waals surface area contributed by atoms with E-state index in [1.807, 2.05) is 0 Å². The van der Waals surface area contributed by atoms with Gasteiger partial charge in [0.15, 0.2) is 11.6 Å². The Morgan fingerprint density at radius 2 is 2.00 bits per heavy atom. The first-order valence-electron chi connectivity index (χ1n) is 4.59. The van der Waals surface area contributed by atoms with Crippen molar-refractivity contribution in [3.8, 4) is 0 Å². The monoisotopic (exact) mass is 180 g/mol. The van der Waals surface area contributed by atoms with Crippen LogP contribution in [0, 0.1) is 11.8 Å². The summed E-state index contributed by atoms with van der Waals surface area (Å²) in [5.41, 5.74) is 0.0683. The van der Waals surface area contributed by atoms with Gasteiger partial charge < -0.3 is 5.11 Å². The van der Waals surface area contributed by atoms with E-state index in [1.165, 1.54) is 6.92 Å². The molecule has 0 saturated heterocycles. The lowest BCUT2D eigenvalue weighted by Crippen LogP contribution is -2.25. The van der Waals surface area contributed by atoms with Gasteiger partial charge in [-0.25, -0.2) is 0 Å². The molecule has 0 amide bonds. The van der Waals surface area contributed by atoms with E-state index in [4.69, 9.17) is 0 Å². The maximum atomic E-state index is 11.6. The van der Waals surface area contributed by atoms with Crippen molar-refractivity contribution < 1.29 is 14.7 Å². The molecule has 0 aromatic carbocycles. The van der Waals surface area contributed by atoms with Crippen LogP contribution in [0.5, 0.6) is 0 Å². The molecule has 0 aromatic rings. The topological polar surface area (TPSA) is 54.4 Å². The second kappa shape index (κ2) is 2.69. The van der Waals surface area contributed by atoms with Gasteiger partial charge in [0.1, 0.15) is 5.76 Å². The van der Waals surface area contributed by atoms with E-state index in [0.717, 1.165) is 19.3 Å². The van der Waals surface area contributed by atoms with Crippen molar-refractivity contribution in [3.63, 3.8) is 0 Å². The third-order valence-corrected chi connectivity index (χ3v) is 3.04. The van der Waals surface area contributed by atoms with Crippen molar-refractivity contribution in [3.05, 3.63) is 11.3 Å². The van der Waals surface area contributed by atoms with E-state index in [0.29, 0.717) is 0 Å². The van der Waals surface area contributed by atoms with Gasteiger partial charge in [-0.1, -0.05) is 0 Å². The van der Waals surface area contributed by atoms with Gasteiger partial charge in [0.2, 0.25) is 0 Å². The highest BCUT2D eigenvalue weighted by Gasteiger charge is 2.41. The lowest BCUT2D eigenvalue weighted by molar-refractivity contribution is -0.123. The summed E-state index contributed by atoms with van der Waals surface area (Å²) in [6.45, 7) is 1.34. The fraction of sp³-hybridized carbons (Fsp3) is 0.600. The summed E-state index contributed by atoms with van der Waals surface area (Å²) in [5, 5.41) is 9.63. The van der Waals surface area contributed by atoms with Crippen LogP contribution in [-0.4, -0.2) is 16.7 Å². The normalized spacial score (nSPS) is 32.5. The van der Waals surface area contributed by atoms with Crippen LogP contribution in [0.25, 0.3) is 0 Å². The van der Waals surface area contributed by atoms with E-state index in [9.17, 15) is 14.7 Å². The zero-order valence-corrected chi connectivity index (χ0v) is 7.54. The number of aliphatic hydroxyl groups is 1. The van der Waals surface area contributed by atoms with Crippen LogP contribution in [-0.2, 0) is 9.59 Å². The van der Waals surface area contributed by atoms with Crippen LogP contribution in [0.2, 0.25) is 0 Å². The Morgan fingerprint density at radius 1 is 1.38 bits per heavy atom. The van der Waals surface area contributed by atoms with Gasteiger partial charge in [0, 0.05) is 11.8 Å². The zero-order chi connectivity index (χ0) is 9.59. The number of carbonyl (C=O) groups is 2. The van der Waals surface area contributed by atoms with Gasteiger partial charge in [0.05, 0.1) is 5.57 Å². The number of carbonyl (C=O) groups excluding carboxylic acids is 2. The molecule has 2 atom stereocenters. The summed E-state index contributed by atoms with van der Waals surface area (Å²) in [5.74, 6) is -0.314. The molecule has 1 N–H and O–H groups in total. The maximum Gasteiger partial charge on any atom is 0.172 e. The van der Waals surface area contributed by atoms with Crippen molar-refractivity contribution in [2.45, 2.75) is 26.2 Å². The van der Waals surface area contributed by atoms with E-state index in [1.54, 1.807) is 0 Å². The summed E-state index contributed by atoms with van der Waals surface area (Å²) >= 11 is 0. The molecule has 3 heteroatoms. The second-order valence-electron chi connectivity index (χ2n) is 3.89. The Hall–Kier alpha value is -1.12. The van der Waals surface area contributed by atoms with Crippen LogP contribution in [0.4, 0.5) is 0 Å². The quantitative estimate of drug-likeness (QED) is 0.620. The molecular weight excluding hydrogens is 168 g/mol. The number of allylic oxidation sites excluding steroid dienone is 2. The lowest BCUT2D eigenvalue weighted by atomic mass is 9.85. The van der Waals surface area contributed by atoms with Crippen LogP contribution < -0.4 is 0 Å². The Balaban J connectivity index is 2.47. The molecule has 0 spiro atoms. The fourth-order valence-corrected chi connectivity index (χ4v) is 2.36. The van der Waals surface area contributed by atoms with E-state index < -0.39 is 0 Å². The molecular formula is C10H12O3. The standard InChI is InChI=1S/C10H12O3/c1-5(11)8-9(12)6-2-3-7(4-6)10(8)13/h6-7,12H,2-4H2,1H3. The third kappa shape index (κ3) is 1.10. The predicted molar refractivity (Wildman–Crippen MR) is 46.2 cm³/mol. The summed E-state index contributed by atoms with van der Waals surface area (Å²) < 4.78 is 0. The SMILES string of the molecule is CC(=O)C1=C(O)C2CCC(C2)C1=O. The summed E-state index contributed by atoms with van der Waals surface area (Å²) in [6, 6.07) is 0. The van der Waals surface area contributed by atoms with Crippen LogP contribution in [0.15, 0.2) is 11.3 Å². The Morgan fingerprint density at radius 3 is 2.62 bits per heavy atom. The van der Waals surface area contributed by atoms with Gasteiger partial charge in [-0.3, -0.25) is 9.59 Å². The summed E-state index contributed by atoms with van der Waals surface area (Å²) in [7, 11) is 0. The molecule has 0 aliphatic heterocycles. The molecule has 0 radical (unpaired) electrons. The molecule has 13 heavy (non-hydrogen) atoms. The fourth-order valence-electron chi connectivity index (χ4n) is 2.36. The average Bonchev–Trinajstić information content (AvgIpc) is 2.46. The number of rotatable bonds is 1. The molecule has 2 aliphatic rings. The Bertz CT molecular complexity index is 314. The minimum Gasteiger partial charge on any atom is -0.511 e. The molecule has 70 valence electrons. The zero-order valence-electron chi connectivity index (χ0n) is 7.54. The smallest absolute Gasteiger partial charge is 0.172 e. The number of Topliss-reactive ketones (excluding diaryl/α,β-unsaturated/α-hetero) is 2. The van der Waals surface area contributed by atoms with E-state index >= 15 is 0 Å². The van der Waals surface area contributed by atoms with Gasteiger partial charge >= 0.3 is 0 Å². The minimum atomic E-state index is -0.292. The van der Waals surface area contributed by atoms with Crippen LogP contribution in [0.1, 0.15) is 26.2 Å². The third-order valence-electron chi connectivity index (χ3n) is 3.04. The van der Waals surface area contributed by atoms with Gasteiger partial charge in [-0.05, 0) is 26.2 Å². The van der Waals surface area contributed by atoms with E-state index in [-0.39, 0.29) is 34.7 Å². The van der Waals surface area contributed by atoms with Crippen molar-refractivity contribution in [1.82, 2.24) is 0 Å². The highest BCUT2D eigenvalue weighted by Crippen LogP contribution is 2.42. The van der Waals surface area contributed by atoms with E-state index in [2.05, 4.69) is 0 Å². The van der Waals surface area contributed by atoms with Crippen molar-refractivity contribution >= 4 is 11.6 Å². The van der Waals surface area contributed by atoms with Crippen molar-refractivity contribution in [2.24, 2.45) is 11.8 Å². The maximum absolute atomic E-state index is 11.6. The van der Waals surface area contributed by atoms with Crippen molar-refractivity contribution in [1.29, 1.82) is 0 Å². The molecule has 2 rings (SSSR count). The van der Waals surface area contributed by atoms with Crippen LogP contribution >= 0.6 is 0 Å². The summed E-state index contributed by atoms with van der Waals surface area (Å²) in [6.07, 6.45) is 2.41. The van der Waals surface area contributed by atoms with Crippen LogP contribution in [0.3, 0.4) is 0 Å². The minimum absolute atomic E-state index is 0.000185. The first-order chi connectivity index (χ1) is 6.11.